The second-order valence-electron chi connectivity index (χ2n) is 7.89. The van der Waals surface area contributed by atoms with Crippen molar-refractivity contribution in [2.24, 2.45) is 10.9 Å². The molecule has 0 amide bonds. The third kappa shape index (κ3) is 5.85. The number of allylic oxidation sites excluding steroid dienone is 1. The van der Waals surface area contributed by atoms with Crippen LogP contribution in [0.2, 0.25) is 0 Å². The molecule has 186 valence electrons. The van der Waals surface area contributed by atoms with Gasteiger partial charge in [0.15, 0.2) is 0 Å². The molecule has 8 nitrogen and oxygen atoms in total. The van der Waals surface area contributed by atoms with Gasteiger partial charge < -0.3 is 14.2 Å². The Kier molecular flexibility index (Phi) is 8.92. The number of carbonyl (C=O) groups is 3. The molecule has 0 saturated heterocycles. The van der Waals surface area contributed by atoms with E-state index in [9.17, 15) is 14.4 Å². The molecule has 2 unspecified atom stereocenters. The average molecular weight is 499 g/mol. The van der Waals surface area contributed by atoms with Crippen molar-refractivity contribution in [1.82, 2.24) is 4.98 Å². The van der Waals surface area contributed by atoms with Crippen LogP contribution in [0.4, 0.5) is 0 Å². The predicted molar refractivity (Wildman–Crippen MR) is 133 cm³/mol. The molecule has 0 fully saturated rings. The summed E-state index contributed by atoms with van der Waals surface area (Å²) in [5.41, 5.74) is 3.49. The van der Waals surface area contributed by atoms with Gasteiger partial charge in [-0.3, -0.25) is 14.6 Å². The first-order valence-electron chi connectivity index (χ1n) is 11.6. The molecule has 0 aliphatic carbocycles. The van der Waals surface area contributed by atoms with Crippen molar-refractivity contribution in [2.75, 3.05) is 19.8 Å². The van der Waals surface area contributed by atoms with Crippen LogP contribution in [0.3, 0.4) is 0 Å². The number of hydrogen-bond donors (Lipinski definition) is 0. The van der Waals surface area contributed by atoms with E-state index < -0.39 is 23.8 Å². The van der Waals surface area contributed by atoms with Crippen molar-refractivity contribution in [3.63, 3.8) is 0 Å². The molecule has 2 heterocycles. The summed E-state index contributed by atoms with van der Waals surface area (Å²) in [5.74, 6) is -2.78. The third-order valence-corrected chi connectivity index (χ3v) is 6.50. The fourth-order valence-electron chi connectivity index (χ4n) is 4.22. The van der Waals surface area contributed by atoms with Gasteiger partial charge in [0.2, 0.25) is 0 Å². The minimum Gasteiger partial charge on any atom is -0.466 e. The minimum atomic E-state index is -0.793. The summed E-state index contributed by atoms with van der Waals surface area (Å²) in [6.07, 6.45) is 0.0697. The Bertz CT molecular complexity index is 1170. The number of esters is 3. The quantitative estimate of drug-likeness (QED) is 0.371. The van der Waals surface area contributed by atoms with Crippen molar-refractivity contribution in [2.45, 2.75) is 47.0 Å². The first-order valence-corrected chi connectivity index (χ1v) is 12.5. The molecule has 2 atom stereocenters. The SMILES string of the molecule is CCOC(=O)Cc1csc(-c2ccccc2C2C(C(=O)OCC)=C(C)N=C(C)C2C(=O)OCC)n1. The van der Waals surface area contributed by atoms with Gasteiger partial charge in [0.25, 0.3) is 0 Å². The molecular formula is C26H30N2O6S. The van der Waals surface area contributed by atoms with E-state index in [1.165, 1.54) is 11.3 Å². The number of aliphatic imine (C=N–C) groups is 1. The Hall–Kier alpha value is -3.33. The number of nitrogens with zero attached hydrogens (tertiary/aromatic N) is 2. The molecule has 0 spiro atoms. The van der Waals surface area contributed by atoms with Gasteiger partial charge >= 0.3 is 17.9 Å². The highest BCUT2D eigenvalue weighted by Crippen LogP contribution is 2.44. The summed E-state index contributed by atoms with van der Waals surface area (Å²) in [6, 6.07) is 7.50. The van der Waals surface area contributed by atoms with Gasteiger partial charge in [-0.25, -0.2) is 9.78 Å². The zero-order valence-electron chi connectivity index (χ0n) is 20.6. The predicted octanol–water partition coefficient (Wildman–Crippen LogP) is 4.49. The third-order valence-electron chi connectivity index (χ3n) is 5.57. The van der Waals surface area contributed by atoms with Crippen molar-refractivity contribution < 1.29 is 28.6 Å². The van der Waals surface area contributed by atoms with Gasteiger partial charge in [-0.2, -0.15) is 0 Å². The molecule has 35 heavy (non-hydrogen) atoms. The lowest BCUT2D eigenvalue weighted by molar-refractivity contribution is -0.146. The highest BCUT2D eigenvalue weighted by atomic mass is 32.1. The minimum absolute atomic E-state index is 0.0697. The maximum atomic E-state index is 13.1. The lowest BCUT2D eigenvalue weighted by Crippen LogP contribution is -2.36. The van der Waals surface area contributed by atoms with Crippen molar-refractivity contribution >= 4 is 35.0 Å². The van der Waals surface area contributed by atoms with E-state index in [-0.39, 0.29) is 25.6 Å². The van der Waals surface area contributed by atoms with Gasteiger partial charge in [-0.05, 0) is 40.2 Å². The molecular weight excluding hydrogens is 468 g/mol. The zero-order chi connectivity index (χ0) is 25.5. The lowest BCUT2D eigenvalue weighted by atomic mass is 9.74. The molecule has 1 aromatic heterocycles. The number of thiazole rings is 1. The zero-order valence-corrected chi connectivity index (χ0v) is 21.4. The second-order valence-corrected chi connectivity index (χ2v) is 8.75. The topological polar surface area (TPSA) is 104 Å². The van der Waals surface area contributed by atoms with E-state index in [4.69, 9.17) is 14.2 Å². The largest absolute Gasteiger partial charge is 0.466 e. The lowest BCUT2D eigenvalue weighted by Gasteiger charge is -2.32. The molecule has 0 bridgehead atoms. The van der Waals surface area contributed by atoms with Crippen LogP contribution >= 0.6 is 11.3 Å². The van der Waals surface area contributed by atoms with Gasteiger partial charge in [0.1, 0.15) is 10.9 Å². The van der Waals surface area contributed by atoms with Gasteiger partial charge in [0, 0.05) is 28.3 Å². The van der Waals surface area contributed by atoms with E-state index in [0.29, 0.717) is 34.3 Å². The number of benzene rings is 1. The Morgan fingerprint density at radius 3 is 2.34 bits per heavy atom. The van der Waals surface area contributed by atoms with Crippen LogP contribution in [0.1, 0.15) is 51.8 Å². The van der Waals surface area contributed by atoms with Crippen LogP contribution in [-0.2, 0) is 35.0 Å². The molecule has 0 saturated carbocycles. The standard InChI is InChI=1S/C26H30N2O6S/c1-6-32-20(29)13-17-14-35-24(28-17)19-12-10-9-11-18(19)23-21(25(30)33-7-2)15(4)27-16(5)22(23)26(31)34-8-3/h9-12,14,21,23H,6-8,13H2,1-5H3. The molecule has 1 aromatic carbocycles. The van der Waals surface area contributed by atoms with Crippen molar-refractivity contribution in [1.29, 1.82) is 0 Å². The van der Waals surface area contributed by atoms with E-state index in [2.05, 4.69) is 9.98 Å². The highest BCUT2D eigenvalue weighted by molar-refractivity contribution is 7.13. The monoisotopic (exact) mass is 498 g/mol. The van der Waals surface area contributed by atoms with Gasteiger partial charge in [0.05, 0.1) is 37.5 Å². The summed E-state index contributed by atoms with van der Waals surface area (Å²) in [6.45, 7) is 9.45. The van der Waals surface area contributed by atoms with Crippen LogP contribution in [0.5, 0.6) is 0 Å². The summed E-state index contributed by atoms with van der Waals surface area (Å²) < 4.78 is 15.8. The van der Waals surface area contributed by atoms with Crippen LogP contribution in [0.15, 0.2) is 45.9 Å². The van der Waals surface area contributed by atoms with Gasteiger partial charge in [-0.15, -0.1) is 11.3 Å². The number of aromatic nitrogens is 1. The summed E-state index contributed by atoms with van der Waals surface area (Å²) in [4.78, 5) is 47.3. The van der Waals surface area contributed by atoms with Crippen molar-refractivity contribution in [3.05, 3.63) is 52.2 Å². The van der Waals surface area contributed by atoms with Crippen LogP contribution < -0.4 is 0 Å². The Labute approximate surface area is 209 Å². The van der Waals surface area contributed by atoms with E-state index in [1.54, 1.807) is 34.6 Å². The molecule has 0 radical (unpaired) electrons. The second kappa shape index (κ2) is 11.9. The molecule has 2 aromatic rings. The molecule has 1 aliphatic heterocycles. The Morgan fingerprint density at radius 1 is 0.971 bits per heavy atom. The molecule has 9 heteroatoms. The smallest absolute Gasteiger partial charge is 0.336 e. The summed E-state index contributed by atoms with van der Waals surface area (Å²) in [7, 11) is 0. The maximum Gasteiger partial charge on any atom is 0.336 e. The number of rotatable bonds is 9. The Balaban J connectivity index is 2.14. The molecule has 1 aliphatic rings. The normalized spacial score (nSPS) is 17.6. The van der Waals surface area contributed by atoms with E-state index >= 15 is 0 Å². The number of hydrogen-bond acceptors (Lipinski definition) is 9. The fraction of sp³-hybridized carbons (Fsp3) is 0.423. The Morgan fingerprint density at radius 2 is 1.66 bits per heavy atom. The first kappa shape index (κ1) is 26.3. The number of ether oxygens (including phenoxy) is 3. The first-order chi connectivity index (χ1) is 16.8. The van der Waals surface area contributed by atoms with Crippen LogP contribution in [0.25, 0.3) is 10.6 Å². The highest BCUT2D eigenvalue weighted by Gasteiger charge is 2.43. The van der Waals surface area contributed by atoms with E-state index in [1.807, 2.05) is 29.6 Å². The molecule has 3 rings (SSSR count). The number of carbonyl (C=O) groups excluding carboxylic acids is 3. The van der Waals surface area contributed by atoms with Crippen LogP contribution in [-0.4, -0.2) is 48.4 Å². The molecule has 0 N–H and O–H groups in total. The van der Waals surface area contributed by atoms with Crippen LogP contribution in [0, 0.1) is 5.92 Å². The van der Waals surface area contributed by atoms with Gasteiger partial charge in [-0.1, -0.05) is 24.3 Å². The van der Waals surface area contributed by atoms with E-state index in [0.717, 1.165) is 11.1 Å². The fourth-order valence-corrected chi connectivity index (χ4v) is 5.09. The average Bonchev–Trinajstić information content (AvgIpc) is 3.27. The summed E-state index contributed by atoms with van der Waals surface area (Å²) in [5, 5.41) is 2.48. The summed E-state index contributed by atoms with van der Waals surface area (Å²) >= 11 is 1.38. The maximum absolute atomic E-state index is 13.1. The van der Waals surface area contributed by atoms with Crippen molar-refractivity contribution in [3.8, 4) is 10.6 Å².